The number of para-hydroxylation sites is 1. The van der Waals surface area contributed by atoms with Gasteiger partial charge in [-0.1, -0.05) is 18.2 Å². The zero-order valence-electron chi connectivity index (χ0n) is 10.8. The van der Waals surface area contributed by atoms with Gasteiger partial charge in [-0.15, -0.1) is 11.3 Å². The Morgan fingerprint density at radius 3 is 2.45 bits per heavy atom. The van der Waals surface area contributed by atoms with E-state index in [9.17, 15) is 14.4 Å². The summed E-state index contributed by atoms with van der Waals surface area (Å²) in [5, 5.41) is 1.78. The fraction of sp³-hybridized carbons (Fsp3) is 0.133. The Balaban J connectivity index is 2.17. The van der Waals surface area contributed by atoms with Crippen molar-refractivity contribution in [2.75, 3.05) is 0 Å². The maximum Gasteiger partial charge on any atom is 0.308 e. The van der Waals surface area contributed by atoms with E-state index in [0.29, 0.717) is 4.88 Å². The predicted octanol–water partition coefficient (Wildman–Crippen LogP) is 3.13. The normalized spacial score (nSPS) is 10.1. The van der Waals surface area contributed by atoms with Crippen LogP contribution in [0.3, 0.4) is 0 Å². The summed E-state index contributed by atoms with van der Waals surface area (Å²) < 4.78 is 4.97. The van der Waals surface area contributed by atoms with Gasteiger partial charge >= 0.3 is 5.97 Å². The van der Waals surface area contributed by atoms with Crippen molar-refractivity contribution in [3.05, 3.63) is 52.2 Å². The summed E-state index contributed by atoms with van der Waals surface area (Å²) in [4.78, 5) is 35.6. The van der Waals surface area contributed by atoms with Crippen molar-refractivity contribution in [2.24, 2.45) is 0 Å². The molecule has 1 heterocycles. The fourth-order valence-corrected chi connectivity index (χ4v) is 2.37. The third kappa shape index (κ3) is 3.39. The van der Waals surface area contributed by atoms with Crippen molar-refractivity contribution < 1.29 is 19.1 Å². The van der Waals surface area contributed by atoms with E-state index in [1.54, 1.807) is 35.7 Å². The molecule has 0 unspecified atom stereocenters. The van der Waals surface area contributed by atoms with E-state index in [4.69, 9.17) is 4.74 Å². The molecule has 0 saturated heterocycles. The summed E-state index contributed by atoms with van der Waals surface area (Å²) in [6, 6.07) is 9.84. The van der Waals surface area contributed by atoms with Gasteiger partial charge in [0, 0.05) is 6.92 Å². The molecule has 2 aromatic rings. The first-order chi connectivity index (χ1) is 9.58. The molecule has 0 saturated carbocycles. The Labute approximate surface area is 120 Å². The number of ether oxygens (including phenoxy) is 1. The van der Waals surface area contributed by atoms with Gasteiger partial charge in [-0.2, -0.15) is 0 Å². The Hall–Kier alpha value is -2.27. The van der Waals surface area contributed by atoms with Gasteiger partial charge in [0.1, 0.15) is 5.75 Å². The largest absolute Gasteiger partial charge is 0.426 e. The maximum absolute atomic E-state index is 12.1. The number of carbonyl (C=O) groups excluding carboxylic acids is 3. The second kappa shape index (κ2) is 6.25. The summed E-state index contributed by atoms with van der Waals surface area (Å²) in [7, 11) is 0. The van der Waals surface area contributed by atoms with Crippen LogP contribution < -0.4 is 4.74 Å². The number of ketones is 2. The maximum atomic E-state index is 12.1. The summed E-state index contributed by atoms with van der Waals surface area (Å²) in [5.41, 5.74) is 0.243. The Morgan fingerprint density at radius 1 is 1.05 bits per heavy atom. The number of thiophene rings is 1. The lowest BCUT2D eigenvalue weighted by Crippen LogP contribution is -2.11. The molecule has 102 valence electrons. The van der Waals surface area contributed by atoms with Gasteiger partial charge in [-0.3, -0.25) is 14.4 Å². The molecule has 5 heteroatoms. The van der Waals surface area contributed by atoms with E-state index in [2.05, 4.69) is 0 Å². The van der Waals surface area contributed by atoms with E-state index in [1.165, 1.54) is 24.3 Å². The van der Waals surface area contributed by atoms with Gasteiger partial charge < -0.3 is 4.74 Å². The number of rotatable bonds is 5. The van der Waals surface area contributed by atoms with Gasteiger partial charge in [0.15, 0.2) is 11.6 Å². The van der Waals surface area contributed by atoms with Crippen LogP contribution in [0.4, 0.5) is 0 Å². The highest BCUT2D eigenvalue weighted by Gasteiger charge is 2.18. The van der Waals surface area contributed by atoms with Crippen molar-refractivity contribution in [2.45, 2.75) is 13.3 Å². The van der Waals surface area contributed by atoms with Crippen molar-refractivity contribution >= 4 is 28.9 Å². The van der Waals surface area contributed by atoms with Crippen LogP contribution in [0.5, 0.6) is 5.75 Å². The lowest BCUT2D eigenvalue weighted by Gasteiger charge is -2.07. The molecule has 0 aliphatic carbocycles. The van der Waals surface area contributed by atoms with Crippen LogP contribution in [0, 0.1) is 0 Å². The number of hydrogen-bond acceptors (Lipinski definition) is 5. The SMILES string of the molecule is CC(=O)Oc1ccccc1C(=O)CC(=O)c1cccs1. The molecule has 20 heavy (non-hydrogen) atoms. The molecule has 4 nitrogen and oxygen atoms in total. The molecule has 2 rings (SSSR count). The predicted molar refractivity (Wildman–Crippen MR) is 75.3 cm³/mol. The summed E-state index contributed by atoms with van der Waals surface area (Å²) in [5.74, 6) is -0.915. The van der Waals surface area contributed by atoms with E-state index in [0.717, 1.165) is 0 Å². The van der Waals surface area contributed by atoms with Crippen LogP contribution in [-0.4, -0.2) is 17.5 Å². The number of carbonyl (C=O) groups is 3. The highest BCUT2D eigenvalue weighted by atomic mass is 32.1. The van der Waals surface area contributed by atoms with Gasteiger partial charge in [0.05, 0.1) is 16.9 Å². The first kappa shape index (κ1) is 14.1. The number of esters is 1. The summed E-state index contributed by atoms with van der Waals surface area (Å²) in [6.07, 6.45) is -0.237. The van der Waals surface area contributed by atoms with Gasteiger partial charge in [0.2, 0.25) is 0 Å². The van der Waals surface area contributed by atoms with Gasteiger partial charge in [-0.25, -0.2) is 0 Å². The van der Waals surface area contributed by atoms with Crippen LogP contribution in [0.1, 0.15) is 33.4 Å². The minimum absolute atomic E-state index is 0.184. The number of Topliss-reactive ketones (excluding diaryl/α,β-unsaturated/α-hetero) is 2. The van der Waals surface area contributed by atoms with Gasteiger partial charge in [-0.05, 0) is 23.6 Å². The quantitative estimate of drug-likeness (QED) is 0.367. The molecule has 0 atom stereocenters. The van der Waals surface area contributed by atoms with E-state index in [1.807, 2.05) is 0 Å². The van der Waals surface area contributed by atoms with E-state index in [-0.39, 0.29) is 29.3 Å². The highest BCUT2D eigenvalue weighted by Crippen LogP contribution is 2.21. The minimum Gasteiger partial charge on any atom is -0.426 e. The van der Waals surface area contributed by atoms with Crippen LogP contribution in [-0.2, 0) is 4.79 Å². The second-order valence-corrected chi connectivity index (χ2v) is 5.04. The fourth-order valence-electron chi connectivity index (χ4n) is 1.71. The highest BCUT2D eigenvalue weighted by molar-refractivity contribution is 7.12. The third-order valence-electron chi connectivity index (χ3n) is 2.56. The smallest absolute Gasteiger partial charge is 0.308 e. The number of hydrogen-bond donors (Lipinski definition) is 0. The molecule has 0 aliphatic heterocycles. The molecule has 0 aliphatic rings. The molecule has 0 bridgehead atoms. The molecule has 0 spiro atoms. The lowest BCUT2D eigenvalue weighted by molar-refractivity contribution is -0.131. The monoisotopic (exact) mass is 288 g/mol. The molecule has 0 fully saturated rings. The van der Waals surface area contributed by atoms with Crippen LogP contribution >= 0.6 is 11.3 Å². The molecule has 0 radical (unpaired) electrons. The van der Waals surface area contributed by atoms with Crippen LogP contribution in [0.15, 0.2) is 41.8 Å². The van der Waals surface area contributed by atoms with Gasteiger partial charge in [0.25, 0.3) is 0 Å². The topological polar surface area (TPSA) is 60.4 Å². The summed E-state index contributed by atoms with van der Waals surface area (Å²) >= 11 is 1.30. The Kier molecular flexibility index (Phi) is 4.42. The molecule has 0 amide bonds. The standard InChI is InChI=1S/C15H12O4S/c1-10(16)19-14-6-3-2-5-11(14)12(17)9-13(18)15-7-4-8-20-15/h2-8H,9H2,1H3. The number of benzene rings is 1. The lowest BCUT2D eigenvalue weighted by atomic mass is 10.0. The van der Waals surface area contributed by atoms with E-state index < -0.39 is 5.97 Å². The van der Waals surface area contributed by atoms with Crippen molar-refractivity contribution in [1.29, 1.82) is 0 Å². The molecule has 1 aromatic carbocycles. The first-order valence-electron chi connectivity index (χ1n) is 5.95. The van der Waals surface area contributed by atoms with Crippen LogP contribution in [0.25, 0.3) is 0 Å². The zero-order valence-corrected chi connectivity index (χ0v) is 11.6. The van der Waals surface area contributed by atoms with Crippen LogP contribution in [0.2, 0.25) is 0 Å². The van der Waals surface area contributed by atoms with E-state index >= 15 is 0 Å². The third-order valence-corrected chi connectivity index (χ3v) is 3.47. The first-order valence-corrected chi connectivity index (χ1v) is 6.83. The van der Waals surface area contributed by atoms with Crippen molar-refractivity contribution in [3.63, 3.8) is 0 Å². The zero-order chi connectivity index (χ0) is 14.5. The molecule has 1 aromatic heterocycles. The van der Waals surface area contributed by atoms with Crippen molar-refractivity contribution in [3.8, 4) is 5.75 Å². The summed E-state index contributed by atoms with van der Waals surface area (Å²) in [6.45, 7) is 1.26. The van der Waals surface area contributed by atoms with Crippen molar-refractivity contribution in [1.82, 2.24) is 0 Å². The Morgan fingerprint density at radius 2 is 1.80 bits per heavy atom. The average Bonchev–Trinajstić information content (AvgIpc) is 2.92. The molecule has 0 N–H and O–H groups in total. The minimum atomic E-state index is -0.505. The average molecular weight is 288 g/mol. The Bertz CT molecular complexity index is 644. The molecular weight excluding hydrogens is 276 g/mol. The molecular formula is C15H12O4S. The second-order valence-electron chi connectivity index (χ2n) is 4.09.